The highest BCUT2D eigenvalue weighted by Gasteiger charge is 2.53. The molecule has 4 aromatic rings. The van der Waals surface area contributed by atoms with Gasteiger partial charge in [0.2, 0.25) is 0 Å². The molecule has 312 valence electrons. The average Bonchev–Trinajstić information content (AvgIpc) is 3.82. The number of aromatic nitrogens is 2. The molecule has 0 amide bonds. The van der Waals surface area contributed by atoms with E-state index in [4.69, 9.17) is 18.9 Å². The van der Waals surface area contributed by atoms with Crippen LogP contribution in [0.1, 0.15) is 60.1 Å². The molecule has 0 spiro atoms. The van der Waals surface area contributed by atoms with Crippen LogP contribution in [0.15, 0.2) is 97.0 Å². The van der Waals surface area contributed by atoms with Crippen LogP contribution >= 0.6 is 12.4 Å². The predicted octanol–water partition coefficient (Wildman–Crippen LogP) is 8.17. The van der Waals surface area contributed by atoms with E-state index >= 15 is 0 Å². The quantitative estimate of drug-likeness (QED) is 0.161. The standard InChI is InChI=1S/2C23H24FNO4.ClH/c2*1-14-7-19(24)17(10-20(14)26)8-15(2)23-12-18(9-16-3-5-25-6-4-16)21(27)11-22(23)28-13-29-23;/h2*3-7,10-11,15,18,26H,8-9,12-13H2,1-2H3;1H/t2*15-,18-,23+;/m00./s1. The molecule has 2 aliphatic heterocycles. The first-order chi connectivity index (χ1) is 27.8. The van der Waals surface area contributed by atoms with Crippen molar-refractivity contribution in [2.75, 3.05) is 13.6 Å². The van der Waals surface area contributed by atoms with Crippen LogP contribution in [0.4, 0.5) is 8.78 Å². The molecule has 0 saturated carbocycles. The Labute approximate surface area is 348 Å². The molecule has 59 heavy (non-hydrogen) atoms. The van der Waals surface area contributed by atoms with Gasteiger partial charge in [-0.2, -0.15) is 0 Å². The van der Waals surface area contributed by atoms with E-state index in [-0.39, 0.29) is 84.4 Å². The van der Waals surface area contributed by atoms with Crippen molar-refractivity contribution >= 4 is 24.0 Å². The fourth-order valence-corrected chi connectivity index (χ4v) is 8.69. The number of phenols is 2. The van der Waals surface area contributed by atoms with Crippen molar-refractivity contribution < 1.29 is 47.5 Å². The number of halogens is 3. The second-order valence-electron chi connectivity index (χ2n) is 16.0. The fraction of sp³-hybridized carbons (Fsp3) is 0.391. The number of hydrogen-bond donors (Lipinski definition) is 2. The lowest BCUT2D eigenvalue weighted by Gasteiger charge is -2.38. The number of aryl methyl sites for hydroxylation is 2. The smallest absolute Gasteiger partial charge is 0.189 e. The molecule has 0 unspecified atom stereocenters. The van der Waals surface area contributed by atoms with Crippen LogP contribution in [0.3, 0.4) is 0 Å². The summed E-state index contributed by atoms with van der Waals surface area (Å²) in [5.41, 5.74) is 2.35. The maximum Gasteiger partial charge on any atom is 0.189 e. The Kier molecular flexibility index (Phi) is 13.2. The van der Waals surface area contributed by atoms with Gasteiger partial charge < -0.3 is 29.2 Å². The fourth-order valence-electron chi connectivity index (χ4n) is 8.69. The maximum absolute atomic E-state index is 14.5. The van der Waals surface area contributed by atoms with E-state index in [0.717, 1.165) is 11.1 Å². The van der Waals surface area contributed by atoms with Crippen molar-refractivity contribution in [2.24, 2.45) is 23.7 Å². The highest BCUT2D eigenvalue weighted by Crippen LogP contribution is 2.48. The van der Waals surface area contributed by atoms with Crippen LogP contribution in [-0.4, -0.2) is 56.5 Å². The van der Waals surface area contributed by atoms with Gasteiger partial charge in [0.1, 0.15) is 45.9 Å². The van der Waals surface area contributed by atoms with E-state index in [1.54, 1.807) is 50.8 Å². The Morgan fingerprint density at radius 1 is 0.678 bits per heavy atom. The topological polar surface area (TPSA) is 137 Å². The number of fused-ring (bicyclic) bond motifs is 2. The minimum Gasteiger partial charge on any atom is -0.508 e. The van der Waals surface area contributed by atoms with Crippen LogP contribution in [-0.2, 0) is 54.2 Å². The lowest BCUT2D eigenvalue weighted by molar-refractivity contribution is -0.124. The SMILES string of the molecule is Cc1cc(F)c(C[C@H](C)[C@]23C[C@H](Cc4ccncc4)C(=O)C=C2OCO3)cc1O.Cc1cc(F)c(C[C@H](C)[C@]23C[C@H](Cc4ccncc4)C(=O)C=C2OCO3)cc1O.Cl. The number of hydrogen-bond acceptors (Lipinski definition) is 10. The molecule has 10 nitrogen and oxygen atoms in total. The third kappa shape index (κ3) is 9.05. The van der Waals surface area contributed by atoms with Gasteiger partial charge in [0.15, 0.2) is 25.2 Å². The van der Waals surface area contributed by atoms with E-state index in [0.29, 0.717) is 72.3 Å². The number of aromatic hydroxyl groups is 2. The number of ketones is 2. The summed E-state index contributed by atoms with van der Waals surface area (Å²) in [6, 6.07) is 13.2. The van der Waals surface area contributed by atoms with Crippen LogP contribution < -0.4 is 0 Å². The van der Waals surface area contributed by atoms with Gasteiger partial charge in [-0.1, -0.05) is 13.8 Å². The monoisotopic (exact) mass is 830 g/mol. The summed E-state index contributed by atoms with van der Waals surface area (Å²) in [5.74, 6) is -0.282. The summed E-state index contributed by atoms with van der Waals surface area (Å²) in [7, 11) is 0. The molecule has 2 N–H and O–H groups in total. The average molecular weight is 831 g/mol. The molecule has 0 bridgehead atoms. The van der Waals surface area contributed by atoms with Gasteiger partial charge in [0.05, 0.1) is 0 Å². The Morgan fingerprint density at radius 2 is 1.05 bits per heavy atom. The van der Waals surface area contributed by atoms with Crippen LogP contribution in [0.2, 0.25) is 0 Å². The molecule has 2 fully saturated rings. The van der Waals surface area contributed by atoms with Crippen molar-refractivity contribution in [2.45, 2.75) is 77.4 Å². The number of phenolic OH excluding ortho intramolecular Hbond substituents is 2. The molecule has 0 radical (unpaired) electrons. The third-order valence-corrected chi connectivity index (χ3v) is 12.2. The van der Waals surface area contributed by atoms with Crippen molar-refractivity contribution in [3.05, 3.63) is 142 Å². The van der Waals surface area contributed by atoms with Gasteiger partial charge in [0, 0.05) is 48.8 Å². The highest BCUT2D eigenvalue weighted by atomic mass is 35.5. The van der Waals surface area contributed by atoms with Crippen LogP contribution in [0.5, 0.6) is 11.5 Å². The maximum atomic E-state index is 14.5. The molecular weight excluding hydrogens is 782 g/mol. The van der Waals surface area contributed by atoms with Crippen molar-refractivity contribution in [3.63, 3.8) is 0 Å². The first-order valence-corrected chi connectivity index (χ1v) is 19.6. The Hall–Kier alpha value is -5.17. The molecule has 2 aliphatic carbocycles. The zero-order valence-corrected chi connectivity index (χ0v) is 34.3. The Bertz CT molecular complexity index is 2080. The summed E-state index contributed by atoms with van der Waals surface area (Å²) in [4.78, 5) is 33.4. The Morgan fingerprint density at radius 3 is 1.42 bits per heavy atom. The lowest BCUT2D eigenvalue weighted by Crippen LogP contribution is -2.45. The molecule has 8 rings (SSSR count). The van der Waals surface area contributed by atoms with E-state index in [9.17, 15) is 28.6 Å². The number of pyridine rings is 2. The van der Waals surface area contributed by atoms with Gasteiger partial charge >= 0.3 is 0 Å². The minimum atomic E-state index is -0.779. The molecule has 4 aliphatic rings. The zero-order valence-electron chi connectivity index (χ0n) is 33.5. The van der Waals surface area contributed by atoms with Crippen LogP contribution in [0.25, 0.3) is 0 Å². The summed E-state index contributed by atoms with van der Waals surface area (Å²) in [6.45, 7) is 7.42. The van der Waals surface area contributed by atoms with E-state index in [2.05, 4.69) is 9.97 Å². The lowest BCUT2D eigenvalue weighted by atomic mass is 9.71. The first-order valence-electron chi connectivity index (χ1n) is 19.6. The molecule has 6 atom stereocenters. The number of rotatable bonds is 10. The van der Waals surface area contributed by atoms with E-state index in [1.807, 2.05) is 38.1 Å². The second-order valence-corrected chi connectivity index (χ2v) is 16.0. The molecule has 2 saturated heterocycles. The van der Waals surface area contributed by atoms with Crippen LogP contribution in [0, 0.1) is 49.2 Å². The van der Waals surface area contributed by atoms with Gasteiger partial charge in [-0.15, -0.1) is 12.4 Å². The number of carbonyl (C=O) groups excluding carboxylic acids is 2. The first kappa shape index (κ1) is 43.4. The molecule has 13 heteroatoms. The molecule has 2 aromatic heterocycles. The normalized spacial score (nSPS) is 24.2. The number of nitrogens with zero attached hydrogens (tertiary/aromatic N) is 2. The largest absolute Gasteiger partial charge is 0.508 e. The molecule has 2 aromatic carbocycles. The second kappa shape index (κ2) is 18.0. The van der Waals surface area contributed by atoms with Gasteiger partial charge in [0.25, 0.3) is 0 Å². The molecule has 4 heterocycles. The zero-order chi connectivity index (χ0) is 41.2. The number of carbonyl (C=O) groups is 2. The van der Waals surface area contributed by atoms with E-state index < -0.39 is 11.2 Å². The Balaban J connectivity index is 0.000000195. The number of benzene rings is 2. The third-order valence-electron chi connectivity index (χ3n) is 12.2. The highest BCUT2D eigenvalue weighted by molar-refractivity contribution is 5.94. The molecular formula is C46H49ClF2N2O8. The van der Waals surface area contributed by atoms with Gasteiger partial charge in [-0.3, -0.25) is 19.6 Å². The van der Waals surface area contributed by atoms with Gasteiger partial charge in [-0.05, 0) is 146 Å². The summed E-state index contributed by atoms with van der Waals surface area (Å²) < 4.78 is 52.3. The van der Waals surface area contributed by atoms with Gasteiger partial charge in [-0.25, -0.2) is 8.78 Å². The van der Waals surface area contributed by atoms with Crippen molar-refractivity contribution in [1.29, 1.82) is 0 Å². The van der Waals surface area contributed by atoms with E-state index in [1.165, 1.54) is 24.3 Å². The predicted molar refractivity (Wildman–Crippen MR) is 216 cm³/mol. The van der Waals surface area contributed by atoms with Crippen molar-refractivity contribution in [1.82, 2.24) is 9.97 Å². The number of ether oxygens (including phenoxy) is 4. The summed E-state index contributed by atoms with van der Waals surface area (Å²) in [6.07, 6.45) is 12.8. The summed E-state index contributed by atoms with van der Waals surface area (Å²) >= 11 is 0. The number of allylic oxidation sites excluding steroid dienone is 2. The summed E-state index contributed by atoms with van der Waals surface area (Å²) in [5, 5.41) is 20.0. The van der Waals surface area contributed by atoms with Crippen molar-refractivity contribution in [3.8, 4) is 11.5 Å². The minimum absolute atomic E-state index is 0.